The summed E-state index contributed by atoms with van der Waals surface area (Å²) in [4.78, 5) is 8.02. The van der Waals surface area contributed by atoms with Crippen molar-refractivity contribution in [3.63, 3.8) is 0 Å². The normalized spacial score (nSPS) is 16.6. The summed E-state index contributed by atoms with van der Waals surface area (Å²) >= 11 is 1.86. The van der Waals surface area contributed by atoms with Crippen molar-refractivity contribution in [2.75, 3.05) is 20.1 Å². The lowest BCUT2D eigenvalue weighted by Crippen LogP contribution is -2.15. The van der Waals surface area contributed by atoms with Gasteiger partial charge in [0.05, 0.1) is 6.34 Å². The fraction of sp³-hybridized carbons (Fsp3) is 0.469. The summed E-state index contributed by atoms with van der Waals surface area (Å²) in [5, 5.41) is 2.35. The molecular weight excluding hydrogens is 444 g/mol. The number of nitrogens with zero attached hydrogens (tertiary/aromatic N) is 2. The molecular formula is C32H44N2S. The van der Waals surface area contributed by atoms with Crippen LogP contribution >= 0.6 is 11.8 Å². The standard InChI is InChI=1S/C32H44N2S/c1-8-32(29-13-14-31-24(4)11-10-12-28(31)20-29)35-21-23(3)17-30-19-25(5)27(18-26(30)6)15-16-33-22-34(7)9-2/h8,13-14,18-22,24H,9-12,15-17H2,1-7H3/b23-21+,32-8-,33-22?. The zero-order valence-electron chi connectivity index (χ0n) is 22.9. The van der Waals surface area contributed by atoms with Crippen molar-refractivity contribution in [1.82, 2.24) is 4.90 Å². The molecule has 1 unspecified atom stereocenters. The first-order chi connectivity index (χ1) is 16.8. The average Bonchev–Trinajstić information content (AvgIpc) is 2.84. The lowest BCUT2D eigenvalue weighted by molar-refractivity contribution is 0.549. The smallest absolute Gasteiger partial charge is 0.0847 e. The molecule has 1 atom stereocenters. The van der Waals surface area contributed by atoms with Crippen molar-refractivity contribution < 1.29 is 0 Å². The Morgan fingerprint density at radius 1 is 1.14 bits per heavy atom. The second kappa shape index (κ2) is 13.2. The molecule has 0 N–H and O–H groups in total. The molecule has 0 fully saturated rings. The lowest BCUT2D eigenvalue weighted by atomic mass is 9.83. The molecule has 35 heavy (non-hydrogen) atoms. The number of allylic oxidation sites excluding steroid dienone is 2. The molecule has 0 amide bonds. The van der Waals surface area contributed by atoms with Crippen LogP contribution in [0.4, 0.5) is 0 Å². The van der Waals surface area contributed by atoms with Gasteiger partial charge in [0.15, 0.2) is 0 Å². The molecule has 0 heterocycles. The van der Waals surface area contributed by atoms with Crippen molar-refractivity contribution in [3.8, 4) is 0 Å². The molecule has 0 radical (unpaired) electrons. The molecule has 1 aliphatic rings. The predicted octanol–water partition coefficient (Wildman–Crippen LogP) is 8.51. The monoisotopic (exact) mass is 488 g/mol. The van der Waals surface area contributed by atoms with E-state index < -0.39 is 0 Å². The van der Waals surface area contributed by atoms with Gasteiger partial charge < -0.3 is 4.90 Å². The van der Waals surface area contributed by atoms with Gasteiger partial charge in [0, 0.05) is 25.0 Å². The Morgan fingerprint density at radius 3 is 2.63 bits per heavy atom. The quantitative estimate of drug-likeness (QED) is 0.246. The fourth-order valence-electron chi connectivity index (χ4n) is 4.88. The van der Waals surface area contributed by atoms with Crippen molar-refractivity contribution in [2.45, 2.75) is 79.6 Å². The Morgan fingerprint density at radius 2 is 1.89 bits per heavy atom. The minimum atomic E-state index is 0.699. The van der Waals surface area contributed by atoms with Crippen LogP contribution in [0.25, 0.3) is 4.91 Å². The molecule has 3 rings (SSSR count). The van der Waals surface area contributed by atoms with Crippen molar-refractivity contribution in [2.24, 2.45) is 4.99 Å². The number of rotatable bonds is 10. The summed E-state index contributed by atoms with van der Waals surface area (Å²) in [7, 11) is 2.06. The number of aliphatic imine (C=N–C) groups is 1. The van der Waals surface area contributed by atoms with Gasteiger partial charge in [-0.05, 0) is 117 Å². The van der Waals surface area contributed by atoms with E-state index in [2.05, 4.69) is 100 Å². The first-order valence-corrected chi connectivity index (χ1v) is 14.1. The zero-order valence-corrected chi connectivity index (χ0v) is 23.8. The van der Waals surface area contributed by atoms with Crippen LogP contribution in [-0.4, -0.2) is 31.4 Å². The van der Waals surface area contributed by atoms with Gasteiger partial charge in [0.25, 0.3) is 0 Å². The van der Waals surface area contributed by atoms with E-state index in [1.54, 1.807) is 11.1 Å². The third-order valence-corrected chi connectivity index (χ3v) is 8.49. The fourth-order valence-corrected chi connectivity index (χ4v) is 5.69. The third kappa shape index (κ3) is 7.61. The summed E-state index contributed by atoms with van der Waals surface area (Å²) in [6.45, 7) is 15.2. The molecule has 188 valence electrons. The molecule has 1 aliphatic carbocycles. The maximum Gasteiger partial charge on any atom is 0.0847 e. The van der Waals surface area contributed by atoms with Crippen molar-refractivity contribution in [3.05, 3.63) is 86.3 Å². The van der Waals surface area contributed by atoms with E-state index in [0.29, 0.717) is 5.92 Å². The van der Waals surface area contributed by atoms with Gasteiger partial charge in [0.2, 0.25) is 0 Å². The molecule has 0 bridgehead atoms. The van der Waals surface area contributed by atoms with E-state index in [1.807, 2.05) is 18.1 Å². The predicted molar refractivity (Wildman–Crippen MR) is 158 cm³/mol. The average molecular weight is 489 g/mol. The van der Waals surface area contributed by atoms with Gasteiger partial charge in [0.1, 0.15) is 0 Å². The summed E-state index contributed by atoms with van der Waals surface area (Å²) in [5.41, 5.74) is 11.5. The van der Waals surface area contributed by atoms with Crippen LogP contribution in [0.2, 0.25) is 0 Å². The molecule has 2 aromatic rings. The number of aryl methyl sites for hydroxylation is 3. The van der Waals surface area contributed by atoms with Crippen LogP contribution in [0.15, 0.2) is 52.4 Å². The Bertz CT molecular complexity index is 1090. The zero-order chi connectivity index (χ0) is 25.4. The van der Waals surface area contributed by atoms with Crippen LogP contribution in [0.5, 0.6) is 0 Å². The van der Waals surface area contributed by atoms with Gasteiger partial charge in [-0.1, -0.05) is 60.7 Å². The molecule has 2 nitrogen and oxygen atoms in total. The first-order valence-electron chi connectivity index (χ1n) is 13.2. The second-order valence-corrected chi connectivity index (χ2v) is 11.1. The highest BCUT2D eigenvalue weighted by atomic mass is 32.2. The van der Waals surface area contributed by atoms with E-state index in [4.69, 9.17) is 0 Å². The van der Waals surface area contributed by atoms with Gasteiger partial charge >= 0.3 is 0 Å². The van der Waals surface area contributed by atoms with Crippen LogP contribution in [-0.2, 0) is 19.3 Å². The largest absolute Gasteiger partial charge is 0.366 e. The summed E-state index contributed by atoms with van der Waals surface area (Å²) < 4.78 is 0. The molecule has 3 heteroatoms. The van der Waals surface area contributed by atoms with Gasteiger partial charge in [-0.3, -0.25) is 4.99 Å². The Hall–Kier alpha value is -2.26. The molecule has 0 saturated carbocycles. The van der Waals surface area contributed by atoms with Crippen molar-refractivity contribution >= 4 is 23.0 Å². The molecule has 2 aromatic carbocycles. The Labute approximate surface area is 218 Å². The van der Waals surface area contributed by atoms with E-state index in [-0.39, 0.29) is 0 Å². The minimum absolute atomic E-state index is 0.699. The summed E-state index contributed by atoms with van der Waals surface area (Å²) in [6.07, 6.45) is 10.1. The molecule has 0 saturated heterocycles. The van der Waals surface area contributed by atoms with E-state index >= 15 is 0 Å². The highest BCUT2D eigenvalue weighted by molar-refractivity contribution is 8.10. The van der Waals surface area contributed by atoms with E-state index in [0.717, 1.165) is 25.9 Å². The molecule has 0 aromatic heterocycles. The number of hydrogen-bond donors (Lipinski definition) is 0. The van der Waals surface area contributed by atoms with Crippen LogP contribution in [0.3, 0.4) is 0 Å². The van der Waals surface area contributed by atoms with Crippen molar-refractivity contribution in [1.29, 1.82) is 0 Å². The maximum absolute atomic E-state index is 4.56. The highest BCUT2D eigenvalue weighted by Crippen LogP contribution is 2.36. The number of fused-ring (bicyclic) bond motifs is 1. The Balaban J connectivity index is 1.64. The number of thioether (sulfide) groups is 1. The number of benzene rings is 2. The Kier molecular flexibility index (Phi) is 10.3. The van der Waals surface area contributed by atoms with Gasteiger partial charge in [-0.15, -0.1) is 0 Å². The summed E-state index contributed by atoms with van der Waals surface area (Å²) in [6, 6.07) is 11.9. The SMILES string of the molecule is C/C=C(\S/C=C(\C)Cc1cc(C)c(CCN=CN(C)CC)cc1C)c1ccc2c(c1)CCCC2C. The van der Waals surface area contributed by atoms with Crippen LogP contribution in [0, 0.1) is 13.8 Å². The third-order valence-electron chi connectivity index (χ3n) is 7.24. The molecule has 0 spiro atoms. The summed E-state index contributed by atoms with van der Waals surface area (Å²) in [5.74, 6) is 0.699. The minimum Gasteiger partial charge on any atom is -0.366 e. The number of hydrogen-bond acceptors (Lipinski definition) is 2. The van der Waals surface area contributed by atoms with Gasteiger partial charge in [-0.2, -0.15) is 0 Å². The second-order valence-electron chi connectivity index (χ2n) is 10.2. The highest BCUT2D eigenvalue weighted by Gasteiger charge is 2.17. The first kappa shape index (κ1) is 27.3. The van der Waals surface area contributed by atoms with E-state index in [1.165, 1.54) is 57.6 Å². The van der Waals surface area contributed by atoms with Crippen LogP contribution < -0.4 is 0 Å². The molecule has 0 aliphatic heterocycles. The maximum atomic E-state index is 4.56. The topological polar surface area (TPSA) is 15.6 Å². The van der Waals surface area contributed by atoms with Crippen LogP contribution in [0.1, 0.15) is 85.4 Å². The van der Waals surface area contributed by atoms with E-state index in [9.17, 15) is 0 Å². The van der Waals surface area contributed by atoms with Gasteiger partial charge in [-0.25, -0.2) is 0 Å². The lowest BCUT2D eigenvalue weighted by Gasteiger charge is -2.23.